The van der Waals surface area contributed by atoms with Crippen molar-refractivity contribution >= 4 is 21.8 Å². The summed E-state index contributed by atoms with van der Waals surface area (Å²) in [5.41, 5.74) is 4.80. The van der Waals surface area contributed by atoms with Gasteiger partial charge in [0.05, 0.1) is 36.6 Å². The summed E-state index contributed by atoms with van der Waals surface area (Å²) in [7, 11) is 1.66. The maximum Gasteiger partial charge on any atom is 0.261 e. The molecule has 0 aliphatic carbocycles. The number of methoxy groups -OCH3 is 1. The molecule has 0 saturated heterocycles. The maximum atomic E-state index is 13.0. The predicted octanol–water partition coefficient (Wildman–Crippen LogP) is 4.60. The lowest BCUT2D eigenvalue weighted by atomic mass is 10.0. The first-order chi connectivity index (χ1) is 14.2. The maximum absolute atomic E-state index is 13.0. The number of rotatable bonds is 4. The summed E-state index contributed by atoms with van der Waals surface area (Å²) in [5, 5.41) is 1.72. The van der Waals surface area contributed by atoms with Crippen LogP contribution < -0.4 is 10.3 Å². The minimum Gasteiger partial charge on any atom is -0.497 e. The summed E-state index contributed by atoms with van der Waals surface area (Å²) in [6.45, 7) is 0.433. The highest BCUT2D eigenvalue weighted by molar-refractivity contribution is 5.91. The van der Waals surface area contributed by atoms with Crippen molar-refractivity contribution < 1.29 is 4.74 Å². The van der Waals surface area contributed by atoms with Gasteiger partial charge in [-0.15, -0.1) is 0 Å². The molecule has 29 heavy (non-hydrogen) atoms. The molecule has 0 bridgehead atoms. The Labute approximate surface area is 167 Å². The van der Waals surface area contributed by atoms with Crippen molar-refractivity contribution in [1.82, 2.24) is 14.5 Å². The Bertz CT molecular complexity index is 1380. The van der Waals surface area contributed by atoms with Gasteiger partial charge in [0, 0.05) is 16.5 Å². The molecule has 2 aromatic heterocycles. The van der Waals surface area contributed by atoms with Crippen LogP contribution in [-0.4, -0.2) is 21.6 Å². The number of nitrogens with zero attached hydrogens (tertiary/aromatic N) is 2. The van der Waals surface area contributed by atoms with Crippen molar-refractivity contribution in [2.45, 2.75) is 6.54 Å². The molecule has 5 aromatic rings. The summed E-state index contributed by atoms with van der Waals surface area (Å²) in [6.07, 6.45) is 1.63. The van der Waals surface area contributed by atoms with E-state index in [9.17, 15) is 4.79 Å². The fourth-order valence-corrected chi connectivity index (χ4v) is 3.76. The van der Waals surface area contributed by atoms with Gasteiger partial charge in [-0.2, -0.15) is 0 Å². The van der Waals surface area contributed by atoms with Crippen LogP contribution in [-0.2, 0) is 6.54 Å². The van der Waals surface area contributed by atoms with Crippen molar-refractivity contribution in [2.75, 3.05) is 7.11 Å². The minimum atomic E-state index is -0.0402. The highest BCUT2D eigenvalue weighted by atomic mass is 16.5. The quantitative estimate of drug-likeness (QED) is 0.495. The van der Waals surface area contributed by atoms with Gasteiger partial charge in [-0.25, -0.2) is 4.98 Å². The molecule has 0 spiro atoms. The van der Waals surface area contributed by atoms with Crippen LogP contribution in [0, 0.1) is 0 Å². The number of aromatic nitrogens is 3. The number of benzene rings is 3. The molecule has 5 rings (SSSR count). The molecule has 0 atom stereocenters. The Morgan fingerprint density at radius 1 is 0.931 bits per heavy atom. The molecule has 3 aromatic carbocycles. The van der Waals surface area contributed by atoms with E-state index in [0.717, 1.165) is 33.5 Å². The minimum absolute atomic E-state index is 0.0402. The molecule has 0 aliphatic rings. The zero-order valence-electron chi connectivity index (χ0n) is 15.9. The SMILES string of the molecule is COc1ccc(-c2[nH]c3ccccc3c2Cn2cnc3ccccc3c2=O)cc1. The van der Waals surface area contributed by atoms with Gasteiger partial charge >= 0.3 is 0 Å². The van der Waals surface area contributed by atoms with Gasteiger partial charge in [0.15, 0.2) is 0 Å². The van der Waals surface area contributed by atoms with Crippen molar-refractivity contribution in [3.8, 4) is 17.0 Å². The Hall–Kier alpha value is -3.86. The average molecular weight is 381 g/mol. The van der Waals surface area contributed by atoms with Crippen LogP contribution in [0.15, 0.2) is 83.9 Å². The third-order valence-electron chi connectivity index (χ3n) is 5.25. The van der Waals surface area contributed by atoms with Gasteiger partial charge < -0.3 is 9.72 Å². The van der Waals surface area contributed by atoms with E-state index in [-0.39, 0.29) is 5.56 Å². The van der Waals surface area contributed by atoms with Crippen molar-refractivity contribution in [1.29, 1.82) is 0 Å². The molecule has 2 heterocycles. The van der Waals surface area contributed by atoms with Crippen LogP contribution in [0.3, 0.4) is 0 Å². The first kappa shape index (κ1) is 17.3. The van der Waals surface area contributed by atoms with Crippen molar-refractivity contribution in [2.24, 2.45) is 0 Å². The van der Waals surface area contributed by atoms with Crippen LogP contribution in [0.2, 0.25) is 0 Å². The lowest BCUT2D eigenvalue weighted by molar-refractivity contribution is 0.415. The molecule has 0 amide bonds. The third-order valence-corrected chi connectivity index (χ3v) is 5.25. The van der Waals surface area contributed by atoms with E-state index < -0.39 is 0 Å². The van der Waals surface area contributed by atoms with Gasteiger partial charge in [-0.3, -0.25) is 9.36 Å². The summed E-state index contributed by atoms with van der Waals surface area (Å²) < 4.78 is 6.95. The topological polar surface area (TPSA) is 59.9 Å². The molecule has 0 radical (unpaired) electrons. The molecule has 142 valence electrons. The molecule has 5 nitrogen and oxygen atoms in total. The number of H-pyrrole nitrogens is 1. The van der Waals surface area contributed by atoms with E-state index in [1.54, 1.807) is 18.0 Å². The summed E-state index contributed by atoms with van der Waals surface area (Å²) in [5.74, 6) is 0.807. The largest absolute Gasteiger partial charge is 0.497 e. The van der Waals surface area contributed by atoms with Gasteiger partial charge in [-0.05, 0) is 48.0 Å². The van der Waals surface area contributed by atoms with Gasteiger partial charge in [-0.1, -0.05) is 30.3 Å². The van der Waals surface area contributed by atoms with Gasteiger partial charge in [0.1, 0.15) is 5.75 Å². The molecule has 5 heteroatoms. The normalized spacial score (nSPS) is 11.2. The molecule has 0 aliphatic heterocycles. The monoisotopic (exact) mass is 381 g/mol. The summed E-state index contributed by atoms with van der Waals surface area (Å²) >= 11 is 0. The van der Waals surface area contributed by atoms with Crippen LogP contribution in [0.4, 0.5) is 0 Å². The Morgan fingerprint density at radius 3 is 2.45 bits per heavy atom. The Kier molecular flexibility index (Phi) is 4.13. The molecule has 1 N–H and O–H groups in total. The highest BCUT2D eigenvalue weighted by Crippen LogP contribution is 2.31. The van der Waals surface area contributed by atoms with Crippen LogP contribution in [0.5, 0.6) is 5.75 Å². The number of hydrogen-bond donors (Lipinski definition) is 1. The van der Waals surface area contributed by atoms with Crippen LogP contribution >= 0.6 is 0 Å². The average Bonchev–Trinajstić information content (AvgIpc) is 3.14. The Balaban J connectivity index is 1.68. The summed E-state index contributed by atoms with van der Waals surface area (Å²) in [6, 6.07) is 23.5. The molecular formula is C24H19N3O2. The second-order valence-corrected chi connectivity index (χ2v) is 6.95. The lowest BCUT2D eigenvalue weighted by Crippen LogP contribution is -2.21. The lowest BCUT2D eigenvalue weighted by Gasteiger charge is -2.09. The molecular weight excluding hydrogens is 362 g/mol. The smallest absolute Gasteiger partial charge is 0.261 e. The van der Waals surface area contributed by atoms with E-state index in [2.05, 4.69) is 16.0 Å². The van der Waals surface area contributed by atoms with Crippen molar-refractivity contribution in [3.63, 3.8) is 0 Å². The number of hydrogen-bond acceptors (Lipinski definition) is 3. The second kappa shape index (κ2) is 6.95. The fourth-order valence-electron chi connectivity index (χ4n) is 3.76. The van der Waals surface area contributed by atoms with E-state index in [1.807, 2.05) is 66.7 Å². The first-order valence-electron chi connectivity index (χ1n) is 9.43. The van der Waals surface area contributed by atoms with Crippen LogP contribution in [0.1, 0.15) is 5.56 Å². The molecule has 0 unspecified atom stereocenters. The van der Waals surface area contributed by atoms with Crippen molar-refractivity contribution in [3.05, 3.63) is 95.0 Å². The second-order valence-electron chi connectivity index (χ2n) is 6.95. The number of aromatic amines is 1. The zero-order chi connectivity index (χ0) is 19.8. The standard InChI is InChI=1S/C24H19N3O2/c1-29-17-12-10-16(11-13-17)23-20(18-6-2-5-9-22(18)26-23)14-27-15-25-21-8-4-3-7-19(21)24(27)28/h2-13,15,26H,14H2,1H3. The predicted molar refractivity (Wildman–Crippen MR) is 115 cm³/mol. The zero-order valence-corrected chi connectivity index (χ0v) is 15.9. The number of nitrogens with one attached hydrogen (secondary N) is 1. The highest BCUT2D eigenvalue weighted by Gasteiger charge is 2.15. The van der Waals surface area contributed by atoms with Gasteiger partial charge in [0.25, 0.3) is 5.56 Å². The summed E-state index contributed by atoms with van der Waals surface area (Å²) in [4.78, 5) is 21.0. The van der Waals surface area contributed by atoms with Crippen LogP contribution in [0.25, 0.3) is 33.1 Å². The van der Waals surface area contributed by atoms with E-state index in [4.69, 9.17) is 4.74 Å². The number of ether oxygens (including phenoxy) is 1. The van der Waals surface area contributed by atoms with E-state index in [0.29, 0.717) is 17.4 Å². The molecule has 0 fully saturated rings. The van der Waals surface area contributed by atoms with E-state index in [1.165, 1.54) is 0 Å². The Morgan fingerprint density at radius 2 is 1.66 bits per heavy atom. The number of para-hydroxylation sites is 2. The fraction of sp³-hybridized carbons (Fsp3) is 0.0833. The molecule has 0 saturated carbocycles. The van der Waals surface area contributed by atoms with Gasteiger partial charge in [0.2, 0.25) is 0 Å². The third kappa shape index (κ3) is 2.97. The number of fused-ring (bicyclic) bond motifs is 2. The van der Waals surface area contributed by atoms with E-state index >= 15 is 0 Å². The first-order valence-corrected chi connectivity index (χ1v) is 9.43.